The van der Waals surface area contributed by atoms with Gasteiger partial charge >= 0.3 is 6.09 Å². The van der Waals surface area contributed by atoms with Crippen molar-refractivity contribution < 1.29 is 9.53 Å². The average Bonchev–Trinajstić information content (AvgIpc) is 2.79. The summed E-state index contributed by atoms with van der Waals surface area (Å²) in [6, 6.07) is 10.4. The van der Waals surface area contributed by atoms with Crippen molar-refractivity contribution in [1.29, 1.82) is 0 Å². The Balaban J connectivity index is 1.90. The van der Waals surface area contributed by atoms with E-state index in [2.05, 4.69) is 22.3 Å². The number of alkyl carbamates (subject to hydrolysis) is 1. The Morgan fingerprint density at radius 1 is 1.32 bits per heavy atom. The molecule has 1 aliphatic rings. The minimum atomic E-state index is -0.483. The number of likely N-dealkylation sites (tertiary alicyclic amines) is 1. The molecule has 22 heavy (non-hydrogen) atoms. The van der Waals surface area contributed by atoms with E-state index < -0.39 is 5.60 Å². The van der Waals surface area contributed by atoms with Crippen molar-refractivity contribution >= 4 is 17.7 Å². The quantitative estimate of drug-likeness (QED) is 0.864. The molecule has 0 saturated carbocycles. The number of rotatable bonds is 4. The zero-order chi connectivity index (χ0) is 16.2. The highest BCUT2D eigenvalue weighted by Gasteiger charge is 2.34. The van der Waals surface area contributed by atoms with Gasteiger partial charge in [0.2, 0.25) is 0 Å². The van der Waals surface area contributed by atoms with Crippen LogP contribution in [0.4, 0.5) is 4.79 Å². The lowest BCUT2D eigenvalue weighted by Crippen LogP contribution is -2.43. The Hall–Kier alpha value is -1.26. The average molecular weight is 325 g/mol. The Morgan fingerprint density at radius 2 is 2.00 bits per heavy atom. The molecule has 2 rings (SSSR count). The van der Waals surface area contributed by atoms with Gasteiger partial charge in [-0.05, 0) is 26.3 Å². The largest absolute Gasteiger partial charge is 0.444 e. The zero-order valence-corrected chi connectivity index (χ0v) is 14.3. The van der Waals surface area contributed by atoms with Crippen molar-refractivity contribution in [2.24, 2.45) is 5.92 Å². The molecule has 4 nitrogen and oxygen atoms in total. The second-order valence-electron chi connectivity index (χ2n) is 6.85. The van der Waals surface area contributed by atoms with Crippen LogP contribution in [0.5, 0.6) is 0 Å². The van der Waals surface area contributed by atoms with Crippen molar-refractivity contribution in [2.45, 2.75) is 39.0 Å². The van der Waals surface area contributed by atoms with Gasteiger partial charge < -0.3 is 10.1 Å². The number of nitrogens with one attached hydrogen (secondary N) is 1. The van der Waals surface area contributed by atoms with Crippen LogP contribution in [0, 0.1) is 5.92 Å². The summed E-state index contributed by atoms with van der Waals surface area (Å²) in [5.41, 5.74) is 0.789. The molecule has 1 aromatic carbocycles. The molecule has 0 radical (unpaired) electrons. The number of hydrogen-bond acceptors (Lipinski definition) is 3. The minimum absolute atomic E-state index is 0.0380. The standard InChI is InChI=1S/C17H25ClN2O2/c1-17(2,3)22-16(21)19-15-12-20(11-14(15)9-18)10-13-7-5-4-6-8-13/h4-8,14-15H,9-12H2,1-3H3,(H,19,21)/t14-,15-/m1/s1. The van der Waals surface area contributed by atoms with Crippen LogP contribution in [0.2, 0.25) is 0 Å². The third-order valence-corrected chi connectivity index (χ3v) is 4.06. The molecule has 1 heterocycles. The van der Waals surface area contributed by atoms with Crippen molar-refractivity contribution in [3.63, 3.8) is 0 Å². The number of ether oxygens (including phenoxy) is 1. The van der Waals surface area contributed by atoms with E-state index in [4.69, 9.17) is 16.3 Å². The molecule has 122 valence electrons. The van der Waals surface area contributed by atoms with Crippen molar-refractivity contribution in [2.75, 3.05) is 19.0 Å². The van der Waals surface area contributed by atoms with E-state index >= 15 is 0 Å². The SMILES string of the molecule is CC(C)(C)OC(=O)N[C@@H]1CN(Cc2ccccc2)C[C@H]1CCl. The van der Waals surface area contributed by atoms with E-state index in [1.54, 1.807) is 0 Å². The summed E-state index contributed by atoms with van der Waals surface area (Å²) in [7, 11) is 0. The Morgan fingerprint density at radius 3 is 2.59 bits per heavy atom. The summed E-state index contributed by atoms with van der Waals surface area (Å²) in [6.45, 7) is 8.15. The minimum Gasteiger partial charge on any atom is -0.444 e. The van der Waals surface area contributed by atoms with Gasteiger partial charge in [0.15, 0.2) is 0 Å². The van der Waals surface area contributed by atoms with E-state index in [0.29, 0.717) is 5.88 Å². The molecule has 1 N–H and O–H groups in total. The van der Waals surface area contributed by atoms with Crippen LogP contribution in [-0.2, 0) is 11.3 Å². The third kappa shape index (κ3) is 5.18. The van der Waals surface area contributed by atoms with Gasteiger partial charge in [0.25, 0.3) is 0 Å². The van der Waals surface area contributed by atoms with Crippen molar-refractivity contribution in [3.05, 3.63) is 35.9 Å². The zero-order valence-electron chi connectivity index (χ0n) is 13.5. The van der Waals surface area contributed by atoms with Crippen molar-refractivity contribution in [3.8, 4) is 0 Å². The maximum absolute atomic E-state index is 11.9. The Bertz CT molecular complexity index is 487. The van der Waals surface area contributed by atoms with Gasteiger partial charge in [-0.3, -0.25) is 4.90 Å². The monoisotopic (exact) mass is 324 g/mol. The van der Waals surface area contributed by atoms with Crippen LogP contribution in [0.1, 0.15) is 26.3 Å². The van der Waals surface area contributed by atoms with E-state index in [-0.39, 0.29) is 18.1 Å². The lowest BCUT2D eigenvalue weighted by molar-refractivity contribution is 0.0498. The summed E-state index contributed by atoms with van der Waals surface area (Å²) in [6.07, 6.45) is -0.367. The fourth-order valence-corrected chi connectivity index (χ4v) is 3.02. The van der Waals surface area contributed by atoms with Gasteiger partial charge in [0, 0.05) is 31.4 Å². The fraction of sp³-hybridized carbons (Fsp3) is 0.588. The first-order valence-electron chi connectivity index (χ1n) is 7.69. The number of benzene rings is 1. The predicted octanol–water partition coefficient (Wildman–Crippen LogP) is 3.25. The first-order valence-corrected chi connectivity index (χ1v) is 8.22. The van der Waals surface area contributed by atoms with Gasteiger partial charge in [-0.25, -0.2) is 4.79 Å². The van der Waals surface area contributed by atoms with Crippen LogP contribution in [0.25, 0.3) is 0 Å². The molecule has 1 fully saturated rings. The maximum atomic E-state index is 11.9. The summed E-state index contributed by atoms with van der Waals surface area (Å²) < 4.78 is 5.33. The molecule has 0 unspecified atom stereocenters. The molecular weight excluding hydrogens is 300 g/mol. The molecule has 1 saturated heterocycles. The summed E-state index contributed by atoms with van der Waals surface area (Å²) in [5.74, 6) is 0.782. The van der Waals surface area contributed by atoms with E-state index in [1.807, 2.05) is 39.0 Å². The summed E-state index contributed by atoms with van der Waals surface area (Å²) >= 11 is 6.07. The number of nitrogens with zero attached hydrogens (tertiary/aromatic N) is 1. The Labute approximate surface area is 137 Å². The van der Waals surface area contributed by atoms with E-state index in [0.717, 1.165) is 19.6 Å². The van der Waals surface area contributed by atoms with Crippen LogP contribution in [0.3, 0.4) is 0 Å². The highest BCUT2D eigenvalue weighted by atomic mass is 35.5. The normalized spacial score (nSPS) is 22.5. The lowest BCUT2D eigenvalue weighted by atomic mass is 10.1. The van der Waals surface area contributed by atoms with Crippen LogP contribution < -0.4 is 5.32 Å². The number of carbonyl (C=O) groups is 1. The number of alkyl halides is 1. The molecule has 2 atom stereocenters. The Kier molecular flexibility index (Phi) is 5.70. The van der Waals surface area contributed by atoms with Crippen LogP contribution in [0.15, 0.2) is 30.3 Å². The second-order valence-corrected chi connectivity index (χ2v) is 7.16. The highest BCUT2D eigenvalue weighted by molar-refractivity contribution is 6.18. The second kappa shape index (κ2) is 7.34. The molecule has 5 heteroatoms. The fourth-order valence-electron chi connectivity index (χ4n) is 2.71. The number of amides is 1. The lowest BCUT2D eigenvalue weighted by Gasteiger charge is -2.23. The summed E-state index contributed by atoms with van der Waals surface area (Å²) in [4.78, 5) is 14.3. The molecule has 0 spiro atoms. The molecule has 0 aliphatic carbocycles. The number of carbonyl (C=O) groups excluding carboxylic acids is 1. The van der Waals surface area contributed by atoms with Crippen molar-refractivity contribution in [1.82, 2.24) is 10.2 Å². The van der Waals surface area contributed by atoms with Gasteiger partial charge in [0.05, 0.1) is 6.04 Å². The number of hydrogen-bond donors (Lipinski definition) is 1. The van der Waals surface area contributed by atoms with E-state index in [9.17, 15) is 4.79 Å². The summed E-state index contributed by atoms with van der Waals surface area (Å²) in [5, 5.41) is 2.96. The molecule has 1 aromatic rings. The smallest absolute Gasteiger partial charge is 0.407 e. The van der Waals surface area contributed by atoms with Gasteiger partial charge in [-0.1, -0.05) is 30.3 Å². The molecular formula is C17H25ClN2O2. The maximum Gasteiger partial charge on any atom is 0.407 e. The third-order valence-electron chi connectivity index (χ3n) is 3.67. The number of halogens is 1. The van der Waals surface area contributed by atoms with Gasteiger partial charge in [-0.15, -0.1) is 11.6 Å². The predicted molar refractivity (Wildman–Crippen MR) is 89.1 cm³/mol. The van der Waals surface area contributed by atoms with Crippen LogP contribution in [-0.4, -0.2) is 41.6 Å². The molecule has 0 bridgehead atoms. The van der Waals surface area contributed by atoms with Gasteiger partial charge in [-0.2, -0.15) is 0 Å². The molecule has 1 aliphatic heterocycles. The first-order chi connectivity index (χ1) is 10.4. The molecule has 1 amide bonds. The molecule has 0 aromatic heterocycles. The highest BCUT2D eigenvalue weighted by Crippen LogP contribution is 2.21. The van der Waals surface area contributed by atoms with Gasteiger partial charge in [0.1, 0.15) is 5.60 Å². The first kappa shape index (κ1) is 17.1. The topological polar surface area (TPSA) is 41.6 Å². The van der Waals surface area contributed by atoms with Crippen LogP contribution >= 0.6 is 11.6 Å². The van der Waals surface area contributed by atoms with E-state index in [1.165, 1.54) is 5.56 Å².